The highest BCUT2D eigenvalue weighted by Crippen LogP contribution is 2.20. The maximum Gasteiger partial charge on any atom is 0.327 e. The van der Waals surface area contributed by atoms with Gasteiger partial charge in [-0.3, -0.25) is 19.8 Å². The van der Waals surface area contributed by atoms with Gasteiger partial charge in [-0.1, -0.05) is 0 Å². The largest absolute Gasteiger partial charge is 0.465 e. The number of fused-ring (bicyclic) bond motifs is 1. The Bertz CT molecular complexity index is 952. The van der Waals surface area contributed by atoms with Crippen molar-refractivity contribution in [3.63, 3.8) is 0 Å². The summed E-state index contributed by atoms with van der Waals surface area (Å²) in [4.78, 5) is 25.1. The molecule has 1 aliphatic rings. The van der Waals surface area contributed by atoms with E-state index in [2.05, 4.69) is 30.7 Å². The van der Waals surface area contributed by atoms with Gasteiger partial charge < -0.3 is 10.1 Å². The molecule has 9 nitrogen and oxygen atoms in total. The number of carbonyl (C=O) groups is 1. The molecule has 9 heteroatoms. The number of nitrogens with one attached hydrogen (secondary N) is 2. The predicted molar refractivity (Wildman–Crippen MR) is 99.8 cm³/mol. The maximum atomic E-state index is 11.6. The Labute approximate surface area is 156 Å². The monoisotopic (exact) mass is 367 g/mol. The minimum Gasteiger partial charge on any atom is -0.465 e. The van der Waals surface area contributed by atoms with E-state index in [0.29, 0.717) is 30.7 Å². The molecule has 0 bridgehead atoms. The molecule has 1 saturated carbocycles. The Morgan fingerprint density at radius 3 is 3.00 bits per heavy atom. The minimum atomic E-state index is -0.325. The number of hydrogen-bond donors (Lipinski definition) is 2. The molecule has 27 heavy (non-hydrogen) atoms. The van der Waals surface area contributed by atoms with Gasteiger partial charge in [0.25, 0.3) is 0 Å². The van der Waals surface area contributed by atoms with Gasteiger partial charge in [0, 0.05) is 17.8 Å². The number of hydrogen-bond acceptors (Lipinski definition) is 8. The highest BCUT2D eigenvalue weighted by molar-refractivity contribution is 5.75. The van der Waals surface area contributed by atoms with E-state index in [-0.39, 0.29) is 12.5 Å². The lowest BCUT2D eigenvalue weighted by atomic mass is 10.2. The van der Waals surface area contributed by atoms with Crippen molar-refractivity contribution in [1.29, 1.82) is 0 Å². The van der Waals surface area contributed by atoms with Gasteiger partial charge in [0.2, 0.25) is 0 Å². The van der Waals surface area contributed by atoms with Gasteiger partial charge in [0.05, 0.1) is 31.4 Å². The van der Waals surface area contributed by atoms with E-state index in [1.165, 1.54) is 17.5 Å². The molecule has 3 aromatic heterocycles. The lowest BCUT2D eigenvalue weighted by Crippen LogP contribution is -2.24. The Hall–Kier alpha value is -3.07. The van der Waals surface area contributed by atoms with Gasteiger partial charge >= 0.3 is 5.97 Å². The zero-order valence-electron chi connectivity index (χ0n) is 15.1. The summed E-state index contributed by atoms with van der Waals surface area (Å²) < 4.78 is 6.45. The Kier molecular flexibility index (Phi) is 4.93. The summed E-state index contributed by atoms with van der Waals surface area (Å²) in [6.07, 6.45) is 7.56. The number of pyridine rings is 1. The molecular formula is C18H21N7O2. The van der Waals surface area contributed by atoms with Crippen LogP contribution in [0.1, 0.15) is 19.8 Å². The SMILES string of the molecule is CCOC(=O)Cn1cc(-c2cnc3ccc(NCNC4CC4)nc3n2)cn1. The van der Waals surface area contributed by atoms with Gasteiger partial charge in [0.15, 0.2) is 5.65 Å². The quantitative estimate of drug-likeness (QED) is 0.456. The first kappa shape index (κ1) is 17.3. The second-order valence-corrected chi connectivity index (χ2v) is 6.36. The summed E-state index contributed by atoms with van der Waals surface area (Å²) in [6.45, 7) is 2.86. The van der Waals surface area contributed by atoms with Gasteiger partial charge in [-0.05, 0) is 31.9 Å². The molecule has 0 aromatic carbocycles. The summed E-state index contributed by atoms with van der Waals surface area (Å²) in [5, 5.41) is 10.8. The Balaban J connectivity index is 1.49. The van der Waals surface area contributed by atoms with E-state index in [1.54, 1.807) is 25.5 Å². The zero-order chi connectivity index (χ0) is 18.6. The fraction of sp³-hybridized carbons (Fsp3) is 0.389. The van der Waals surface area contributed by atoms with Gasteiger partial charge in [-0.25, -0.2) is 9.97 Å². The first-order valence-electron chi connectivity index (χ1n) is 9.01. The van der Waals surface area contributed by atoms with Crippen molar-refractivity contribution in [3.05, 3.63) is 30.7 Å². The summed E-state index contributed by atoms with van der Waals surface area (Å²) in [5.74, 6) is 0.425. The summed E-state index contributed by atoms with van der Waals surface area (Å²) in [7, 11) is 0. The van der Waals surface area contributed by atoms with Crippen molar-refractivity contribution < 1.29 is 9.53 Å². The molecule has 1 aliphatic carbocycles. The molecular weight excluding hydrogens is 346 g/mol. The lowest BCUT2D eigenvalue weighted by molar-refractivity contribution is -0.144. The number of ether oxygens (including phenoxy) is 1. The molecule has 0 aliphatic heterocycles. The zero-order valence-corrected chi connectivity index (χ0v) is 15.1. The summed E-state index contributed by atoms with van der Waals surface area (Å²) in [6, 6.07) is 4.42. The topological polar surface area (TPSA) is 107 Å². The van der Waals surface area contributed by atoms with E-state index < -0.39 is 0 Å². The number of esters is 1. The molecule has 0 atom stereocenters. The minimum absolute atomic E-state index is 0.0646. The molecule has 0 radical (unpaired) electrons. The standard InChI is InChI=1S/C18H21N7O2/c1-2-27-17(26)10-25-9-12(7-22-25)15-8-19-14-5-6-16(24-18(14)23-15)21-11-20-13-3-4-13/h5-9,13,20H,2-4,10-11H2,1H3,(H,21,23,24). The second kappa shape index (κ2) is 7.67. The van der Waals surface area contributed by atoms with Crippen LogP contribution in [-0.2, 0) is 16.1 Å². The van der Waals surface area contributed by atoms with E-state index in [9.17, 15) is 4.79 Å². The van der Waals surface area contributed by atoms with Crippen molar-refractivity contribution in [2.24, 2.45) is 0 Å². The van der Waals surface area contributed by atoms with Crippen LogP contribution in [0.25, 0.3) is 22.4 Å². The third-order valence-corrected chi connectivity index (χ3v) is 4.17. The summed E-state index contributed by atoms with van der Waals surface area (Å²) >= 11 is 0. The third-order valence-electron chi connectivity index (χ3n) is 4.17. The normalized spacial score (nSPS) is 13.7. The number of aromatic nitrogens is 5. The van der Waals surface area contributed by atoms with E-state index >= 15 is 0 Å². The number of rotatable bonds is 8. The molecule has 0 amide bonds. The first-order chi connectivity index (χ1) is 13.2. The number of carbonyl (C=O) groups excluding carboxylic acids is 1. The number of nitrogens with zero attached hydrogens (tertiary/aromatic N) is 5. The lowest BCUT2D eigenvalue weighted by Gasteiger charge is -2.07. The molecule has 140 valence electrons. The van der Waals surface area contributed by atoms with Crippen molar-refractivity contribution in [2.75, 3.05) is 18.6 Å². The molecule has 0 spiro atoms. The molecule has 2 N–H and O–H groups in total. The van der Waals surface area contributed by atoms with Crippen LogP contribution in [0.15, 0.2) is 30.7 Å². The van der Waals surface area contributed by atoms with E-state index in [1.807, 2.05) is 12.1 Å². The van der Waals surface area contributed by atoms with Crippen molar-refractivity contribution in [1.82, 2.24) is 30.0 Å². The molecule has 0 saturated heterocycles. The smallest absolute Gasteiger partial charge is 0.327 e. The third kappa shape index (κ3) is 4.37. The summed E-state index contributed by atoms with van der Waals surface area (Å²) in [5.41, 5.74) is 2.70. The average molecular weight is 367 g/mol. The van der Waals surface area contributed by atoms with Gasteiger partial charge in [-0.15, -0.1) is 0 Å². The van der Waals surface area contributed by atoms with Crippen LogP contribution in [0.3, 0.4) is 0 Å². The van der Waals surface area contributed by atoms with Gasteiger partial charge in [-0.2, -0.15) is 5.10 Å². The van der Waals surface area contributed by atoms with Crippen molar-refractivity contribution in [3.8, 4) is 11.3 Å². The number of anilines is 1. The molecule has 4 rings (SSSR count). The van der Waals surface area contributed by atoms with E-state index in [4.69, 9.17) is 4.74 Å². The molecule has 3 heterocycles. The fourth-order valence-corrected chi connectivity index (χ4v) is 2.63. The first-order valence-corrected chi connectivity index (χ1v) is 9.01. The van der Waals surface area contributed by atoms with Crippen molar-refractivity contribution >= 4 is 23.0 Å². The fourth-order valence-electron chi connectivity index (χ4n) is 2.63. The highest BCUT2D eigenvalue weighted by Gasteiger charge is 2.19. The predicted octanol–water partition coefficient (Wildman–Crippen LogP) is 1.57. The average Bonchev–Trinajstić information content (AvgIpc) is 3.38. The van der Waals surface area contributed by atoms with Crippen LogP contribution in [-0.4, -0.2) is 50.0 Å². The van der Waals surface area contributed by atoms with Crippen molar-refractivity contribution in [2.45, 2.75) is 32.4 Å². The Morgan fingerprint density at radius 1 is 1.30 bits per heavy atom. The highest BCUT2D eigenvalue weighted by atomic mass is 16.5. The van der Waals surface area contributed by atoms with Crippen LogP contribution in [0.5, 0.6) is 0 Å². The Morgan fingerprint density at radius 2 is 2.19 bits per heavy atom. The molecule has 1 fully saturated rings. The molecule has 3 aromatic rings. The van der Waals surface area contributed by atoms with E-state index in [0.717, 1.165) is 16.9 Å². The second-order valence-electron chi connectivity index (χ2n) is 6.36. The maximum absolute atomic E-state index is 11.6. The molecule has 0 unspecified atom stereocenters. The van der Waals surface area contributed by atoms with Crippen LogP contribution in [0.2, 0.25) is 0 Å². The van der Waals surface area contributed by atoms with Crippen LogP contribution < -0.4 is 10.6 Å². The van der Waals surface area contributed by atoms with Crippen LogP contribution >= 0.6 is 0 Å². The van der Waals surface area contributed by atoms with Crippen LogP contribution in [0.4, 0.5) is 5.82 Å². The van der Waals surface area contributed by atoms with Gasteiger partial charge in [0.1, 0.15) is 17.9 Å². The van der Waals surface area contributed by atoms with Crippen LogP contribution in [0, 0.1) is 0 Å².